The second-order valence-electron chi connectivity index (χ2n) is 13.0. The first-order valence-electron chi connectivity index (χ1n) is 16.5. The molecule has 2 aliphatic rings. The van der Waals surface area contributed by atoms with Gasteiger partial charge in [0.1, 0.15) is 17.4 Å². The van der Waals surface area contributed by atoms with E-state index >= 15 is 8.78 Å². The van der Waals surface area contributed by atoms with E-state index in [-0.39, 0.29) is 18.8 Å². The summed E-state index contributed by atoms with van der Waals surface area (Å²) in [6.45, 7) is 2.23. The van der Waals surface area contributed by atoms with Crippen molar-refractivity contribution < 1.29 is 44.6 Å². The first kappa shape index (κ1) is 35.0. The van der Waals surface area contributed by atoms with E-state index in [0.717, 1.165) is 17.5 Å². The van der Waals surface area contributed by atoms with Crippen molar-refractivity contribution in [1.82, 2.24) is 0 Å². The van der Waals surface area contributed by atoms with Crippen LogP contribution in [0, 0.1) is 29.3 Å². The average molecular weight is 669 g/mol. The molecular formula is C37H40F8O2. The molecule has 3 aromatic rings. The molecule has 0 radical (unpaired) electrons. The van der Waals surface area contributed by atoms with E-state index in [1.807, 2.05) is 0 Å². The number of benzene rings is 3. The molecule has 0 spiro atoms. The fourth-order valence-electron chi connectivity index (χ4n) is 7.26. The van der Waals surface area contributed by atoms with E-state index in [9.17, 15) is 26.3 Å². The fourth-order valence-corrected chi connectivity index (χ4v) is 7.26. The van der Waals surface area contributed by atoms with E-state index in [4.69, 9.17) is 4.74 Å². The van der Waals surface area contributed by atoms with Gasteiger partial charge < -0.3 is 9.47 Å². The zero-order chi connectivity index (χ0) is 33.8. The Morgan fingerprint density at radius 3 is 1.70 bits per heavy atom. The van der Waals surface area contributed by atoms with Gasteiger partial charge in [0.05, 0.1) is 11.5 Å². The van der Waals surface area contributed by atoms with Crippen LogP contribution in [0.25, 0.3) is 11.1 Å². The third-order valence-electron chi connectivity index (χ3n) is 9.86. The normalized spacial score (nSPS) is 22.2. The van der Waals surface area contributed by atoms with E-state index in [1.165, 1.54) is 56.9 Å². The Bertz CT molecular complexity index is 1450. The molecule has 2 aliphatic carbocycles. The van der Waals surface area contributed by atoms with Crippen molar-refractivity contribution in [2.75, 3.05) is 0 Å². The second kappa shape index (κ2) is 14.9. The molecule has 2 fully saturated rings. The Labute approximate surface area is 270 Å². The molecule has 0 aromatic heterocycles. The van der Waals surface area contributed by atoms with Gasteiger partial charge in [-0.05, 0) is 97.9 Å². The third-order valence-corrected chi connectivity index (χ3v) is 9.86. The summed E-state index contributed by atoms with van der Waals surface area (Å²) in [6.07, 6.45) is 2.68. The Kier molecular flexibility index (Phi) is 11.1. The summed E-state index contributed by atoms with van der Waals surface area (Å²) < 4.78 is 120. The molecule has 0 atom stereocenters. The summed E-state index contributed by atoms with van der Waals surface area (Å²) in [5.74, 6) is -5.74. The monoisotopic (exact) mass is 668 g/mol. The van der Waals surface area contributed by atoms with Crippen LogP contribution in [0.4, 0.5) is 35.1 Å². The lowest BCUT2D eigenvalue weighted by atomic mass is 9.75. The maximum absolute atomic E-state index is 15.2. The molecular weight excluding hydrogens is 628 g/mol. The van der Waals surface area contributed by atoms with E-state index in [0.29, 0.717) is 43.0 Å². The molecule has 5 rings (SSSR count). The van der Waals surface area contributed by atoms with Crippen LogP contribution in [-0.4, -0.2) is 12.5 Å². The number of rotatable bonds is 11. The highest BCUT2D eigenvalue weighted by Gasteiger charge is 2.44. The average Bonchev–Trinajstić information content (AvgIpc) is 3.02. The molecule has 3 aromatic carbocycles. The number of hydrogen-bond acceptors (Lipinski definition) is 2. The van der Waals surface area contributed by atoms with Crippen LogP contribution in [0.3, 0.4) is 0 Å². The second-order valence-corrected chi connectivity index (χ2v) is 13.0. The summed E-state index contributed by atoms with van der Waals surface area (Å²) in [4.78, 5) is 0. The van der Waals surface area contributed by atoms with Gasteiger partial charge in [-0.25, -0.2) is 13.2 Å². The minimum atomic E-state index is -5.17. The Morgan fingerprint density at radius 2 is 1.19 bits per heavy atom. The minimum absolute atomic E-state index is 0.132. The molecule has 0 bridgehead atoms. The molecule has 2 saturated carbocycles. The van der Waals surface area contributed by atoms with Crippen LogP contribution in [0.5, 0.6) is 11.5 Å². The first-order chi connectivity index (χ1) is 22.3. The lowest BCUT2D eigenvalue weighted by Gasteiger charge is -2.33. The Morgan fingerprint density at radius 1 is 0.638 bits per heavy atom. The van der Waals surface area contributed by atoms with Gasteiger partial charge in [0, 0.05) is 12.1 Å². The van der Waals surface area contributed by atoms with E-state index < -0.39 is 58.5 Å². The smallest absolute Gasteiger partial charge is 0.432 e. The van der Waals surface area contributed by atoms with Gasteiger partial charge in [0.2, 0.25) is 0 Å². The van der Waals surface area contributed by atoms with Gasteiger partial charge in [-0.1, -0.05) is 62.9 Å². The molecule has 0 amide bonds. The summed E-state index contributed by atoms with van der Waals surface area (Å²) in [5, 5.41) is 0. The number of unbranched alkanes of at least 4 members (excludes halogenated alkanes) is 2. The Balaban J connectivity index is 1.15. The number of halogens is 8. The van der Waals surface area contributed by atoms with Crippen LogP contribution >= 0.6 is 0 Å². The zero-order valence-corrected chi connectivity index (χ0v) is 26.3. The quantitative estimate of drug-likeness (QED) is 0.150. The number of hydrogen-bond donors (Lipinski definition) is 0. The highest BCUT2D eigenvalue weighted by Crippen LogP contribution is 2.45. The van der Waals surface area contributed by atoms with Gasteiger partial charge in [-0.3, -0.25) is 0 Å². The van der Waals surface area contributed by atoms with Crippen LogP contribution in [0.2, 0.25) is 0 Å². The SMILES string of the molecule is CCCCCC1CCC(c2ccc(C3CCC(C(F)(F)Oc4cc(F)c(-c5ccc(OC(F)(F)F)c(F)c5)c(F)c4)CC3)cc2)CC1. The van der Waals surface area contributed by atoms with Gasteiger partial charge in [0.15, 0.2) is 11.6 Å². The molecule has 0 saturated heterocycles. The van der Waals surface area contributed by atoms with Crippen molar-refractivity contribution in [3.63, 3.8) is 0 Å². The summed E-state index contributed by atoms with van der Waals surface area (Å²) in [7, 11) is 0. The number of ether oxygens (including phenoxy) is 2. The summed E-state index contributed by atoms with van der Waals surface area (Å²) in [5.41, 5.74) is 1.22. The highest BCUT2D eigenvalue weighted by atomic mass is 19.4. The number of alkyl halides is 5. The molecule has 47 heavy (non-hydrogen) atoms. The topological polar surface area (TPSA) is 18.5 Å². The predicted octanol–water partition coefficient (Wildman–Crippen LogP) is 12.5. The molecule has 2 nitrogen and oxygen atoms in total. The molecule has 0 heterocycles. The lowest BCUT2D eigenvalue weighted by Crippen LogP contribution is -2.37. The van der Waals surface area contributed by atoms with Crippen molar-refractivity contribution in [2.45, 2.75) is 108 Å². The molecule has 0 unspecified atom stereocenters. The first-order valence-corrected chi connectivity index (χ1v) is 16.5. The molecule has 0 aliphatic heterocycles. The van der Waals surface area contributed by atoms with Crippen molar-refractivity contribution in [3.8, 4) is 22.6 Å². The van der Waals surface area contributed by atoms with E-state index in [1.54, 1.807) is 0 Å². The van der Waals surface area contributed by atoms with Crippen molar-refractivity contribution >= 4 is 0 Å². The van der Waals surface area contributed by atoms with Gasteiger partial charge in [0.25, 0.3) is 0 Å². The van der Waals surface area contributed by atoms with Gasteiger partial charge in [-0.2, -0.15) is 8.78 Å². The van der Waals surface area contributed by atoms with Crippen LogP contribution in [0.15, 0.2) is 54.6 Å². The Hall–Kier alpha value is -3.30. The largest absolute Gasteiger partial charge is 0.573 e. The standard InChI is InChI=1S/C37H40F8O2/c1-2-3-4-5-23-6-8-24(9-7-23)25-10-12-26(13-11-25)27-14-17-29(18-15-27)36(41,42)46-30-21-32(39)35(33(40)22-30)28-16-19-34(31(38)20-28)47-37(43,44)45/h10-13,16,19-24,27,29H,2-9,14-15,17-18H2,1H3. The van der Waals surface area contributed by atoms with Crippen molar-refractivity contribution in [1.29, 1.82) is 0 Å². The molecule has 256 valence electrons. The fraction of sp³-hybridized carbons (Fsp3) is 0.514. The lowest BCUT2D eigenvalue weighted by molar-refractivity contribution is -0.275. The molecule has 10 heteroatoms. The van der Waals surface area contributed by atoms with Gasteiger partial charge >= 0.3 is 12.5 Å². The van der Waals surface area contributed by atoms with Crippen LogP contribution < -0.4 is 9.47 Å². The predicted molar refractivity (Wildman–Crippen MR) is 164 cm³/mol. The van der Waals surface area contributed by atoms with Crippen molar-refractivity contribution in [2.24, 2.45) is 11.8 Å². The summed E-state index contributed by atoms with van der Waals surface area (Å²) in [6, 6.07) is 11.6. The zero-order valence-electron chi connectivity index (χ0n) is 26.3. The van der Waals surface area contributed by atoms with Gasteiger partial charge in [-0.15, -0.1) is 13.2 Å². The third kappa shape index (κ3) is 8.99. The van der Waals surface area contributed by atoms with Crippen LogP contribution in [-0.2, 0) is 0 Å². The highest BCUT2D eigenvalue weighted by molar-refractivity contribution is 5.67. The summed E-state index contributed by atoms with van der Waals surface area (Å²) >= 11 is 0. The maximum atomic E-state index is 15.2. The minimum Gasteiger partial charge on any atom is -0.432 e. The van der Waals surface area contributed by atoms with E-state index in [2.05, 4.69) is 35.9 Å². The maximum Gasteiger partial charge on any atom is 0.573 e. The van der Waals surface area contributed by atoms with Crippen molar-refractivity contribution in [3.05, 3.63) is 83.2 Å². The van der Waals surface area contributed by atoms with Crippen LogP contribution in [0.1, 0.15) is 107 Å². The molecule has 0 N–H and O–H groups in total.